The van der Waals surface area contributed by atoms with Gasteiger partial charge in [0.15, 0.2) is 0 Å². The maximum Gasteiger partial charge on any atom is 0.124 e. The van der Waals surface area contributed by atoms with E-state index in [1.54, 1.807) is 7.11 Å². The molecule has 0 atom stereocenters. The van der Waals surface area contributed by atoms with Crippen molar-refractivity contribution in [3.05, 3.63) is 24.0 Å². The number of fused-ring (bicyclic) bond motifs is 1. The highest BCUT2D eigenvalue weighted by Crippen LogP contribution is 2.33. The predicted octanol–water partition coefficient (Wildman–Crippen LogP) is 3.19. The third kappa shape index (κ3) is 2.00. The lowest BCUT2D eigenvalue weighted by molar-refractivity contribution is 0.415. The van der Waals surface area contributed by atoms with Crippen LogP contribution in [0, 0.1) is 5.92 Å². The summed E-state index contributed by atoms with van der Waals surface area (Å²) < 4.78 is 7.47. The average Bonchev–Trinajstić information content (AvgIpc) is 3.10. The molecule has 3 nitrogen and oxygen atoms in total. The zero-order chi connectivity index (χ0) is 11.8. The molecule has 1 heterocycles. The summed E-state index contributed by atoms with van der Waals surface area (Å²) in [5, 5.41) is 0. The number of hydrogen-bond donors (Lipinski definition) is 0. The minimum Gasteiger partial charge on any atom is -0.497 e. The molecule has 0 bridgehead atoms. The molecule has 0 unspecified atom stereocenters. The van der Waals surface area contributed by atoms with Gasteiger partial charge in [-0.1, -0.05) is 0 Å². The molecule has 90 valence electrons. The fourth-order valence-electron chi connectivity index (χ4n) is 2.15. The summed E-state index contributed by atoms with van der Waals surface area (Å²) >= 11 is 5.97. The quantitative estimate of drug-likeness (QED) is 0.780. The summed E-state index contributed by atoms with van der Waals surface area (Å²) in [5.41, 5.74) is 2.13. The Bertz CT molecular complexity index is 546. The van der Waals surface area contributed by atoms with E-state index < -0.39 is 0 Å². The van der Waals surface area contributed by atoms with Gasteiger partial charge in [0.2, 0.25) is 0 Å². The Morgan fingerprint density at radius 1 is 1.47 bits per heavy atom. The molecular formula is C13H15ClN2O. The second kappa shape index (κ2) is 4.22. The minimum absolute atomic E-state index is 0.462. The molecule has 0 aliphatic heterocycles. The van der Waals surface area contributed by atoms with E-state index in [1.165, 1.54) is 12.8 Å². The van der Waals surface area contributed by atoms with Crippen LogP contribution in [0.4, 0.5) is 0 Å². The van der Waals surface area contributed by atoms with E-state index >= 15 is 0 Å². The van der Waals surface area contributed by atoms with Gasteiger partial charge in [0.1, 0.15) is 11.6 Å². The van der Waals surface area contributed by atoms with Crippen LogP contribution in [0.5, 0.6) is 5.75 Å². The Morgan fingerprint density at radius 2 is 2.29 bits per heavy atom. The van der Waals surface area contributed by atoms with E-state index in [-0.39, 0.29) is 0 Å². The van der Waals surface area contributed by atoms with Gasteiger partial charge in [0.25, 0.3) is 0 Å². The molecule has 3 rings (SSSR count). The molecule has 0 N–H and O–H groups in total. The van der Waals surface area contributed by atoms with Crippen molar-refractivity contribution in [3.63, 3.8) is 0 Å². The van der Waals surface area contributed by atoms with Gasteiger partial charge in [-0.3, -0.25) is 0 Å². The molecule has 0 radical (unpaired) electrons. The first-order chi connectivity index (χ1) is 8.31. The lowest BCUT2D eigenvalue weighted by atomic mass is 10.3. The fourth-order valence-corrected chi connectivity index (χ4v) is 2.35. The van der Waals surface area contributed by atoms with Crippen molar-refractivity contribution in [2.75, 3.05) is 7.11 Å². The number of alkyl halides is 1. The van der Waals surface area contributed by atoms with E-state index in [0.29, 0.717) is 5.88 Å². The Hall–Kier alpha value is -1.22. The second-order valence-corrected chi connectivity index (χ2v) is 4.84. The molecule has 1 fully saturated rings. The lowest BCUT2D eigenvalue weighted by Gasteiger charge is -2.06. The summed E-state index contributed by atoms with van der Waals surface area (Å²) in [6.07, 6.45) is 2.66. The molecule has 4 heteroatoms. The van der Waals surface area contributed by atoms with E-state index in [0.717, 1.165) is 35.1 Å². The highest BCUT2D eigenvalue weighted by atomic mass is 35.5. The topological polar surface area (TPSA) is 27.1 Å². The van der Waals surface area contributed by atoms with Crippen molar-refractivity contribution in [3.8, 4) is 5.75 Å². The number of aromatic nitrogens is 2. The van der Waals surface area contributed by atoms with Gasteiger partial charge in [-0.05, 0) is 30.9 Å². The number of rotatable bonds is 4. The first kappa shape index (κ1) is 10.9. The summed E-state index contributed by atoms with van der Waals surface area (Å²) in [6, 6.07) is 6.01. The third-order valence-electron chi connectivity index (χ3n) is 3.29. The van der Waals surface area contributed by atoms with Crippen molar-refractivity contribution in [2.45, 2.75) is 25.3 Å². The molecule has 2 aromatic rings. The average molecular weight is 251 g/mol. The zero-order valence-corrected chi connectivity index (χ0v) is 10.6. The third-order valence-corrected chi connectivity index (χ3v) is 3.53. The van der Waals surface area contributed by atoms with Gasteiger partial charge in [0, 0.05) is 12.6 Å². The first-order valence-electron chi connectivity index (χ1n) is 5.91. The molecule has 1 aliphatic carbocycles. The monoisotopic (exact) mass is 250 g/mol. The molecule has 0 saturated heterocycles. The normalized spacial score (nSPS) is 15.4. The van der Waals surface area contributed by atoms with Crippen LogP contribution < -0.4 is 4.74 Å². The van der Waals surface area contributed by atoms with Crippen molar-refractivity contribution >= 4 is 22.6 Å². The standard InChI is InChI=1S/C13H15ClN2O/c1-17-10-4-5-12-11(6-10)15-13(7-14)16(12)8-9-2-3-9/h4-6,9H,2-3,7-8H2,1H3. The number of ether oxygens (including phenoxy) is 1. The van der Waals surface area contributed by atoms with Crippen LogP contribution in [-0.4, -0.2) is 16.7 Å². The number of imidazole rings is 1. The Balaban J connectivity index is 2.09. The Labute approximate surface area is 105 Å². The molecule has 1 aliphatic rings. The maximum absolute atomic E-state index is 5.97. The summed E-state index contributed by atoms with van der Waals surface area (Å²) in [7, 11) is 1.67. The molecule has 1 aromatic carbocycles. The lowest BCUT2D eigenvalue weighted by Crippen LogP contribution is -2.03. The summed E-state index contributed by atoms with van der Waals surface area (Å²) in [4.78, 5) is 4.57. The maximum atomic E-state index is 5.97. The van der Waals surface area contributed by atoms with Gasteiger partial charge in [-0.25, -0.2) is 4.98 Å². The van der Waals surface area contributed by atoms with Crippen LogP contribution in [0.1, 0.15) is 18.7 Å². The van der Waals surface area contributed by atoms with Gasteiger partial charge in [-0.2, -0.15) is 0 Å². The van der Waals surface area contributed by atoms with Crippen molar-refractivity contribution in [1.29, 1.82) is 0 Å². The smallest absolute Gasteiger partial charge is 0.124 e. The molecular weight excluding hydrogens is 236 g/mol. The van der Waals surface area contributed by atoms with Crippen LogP contribution in [0.3, 0.4) is 0 Å². The van der Waals surface area contributed by atoms with Gasteiger partial charge in [-0.15, -0.1) is 11.6 Å². The largest absolute Gasteiger partial charge is 0.497 e. The highest BCUT2D eigenvalue weighted by Gasteiger charge is 2.24. The molecule has 0 spiro atoms. The van der Waals surface area contributed by atoms with Gasteiger partial charge < -0.3 is 9.30 Å². The van der Waals surface area contributed by atoms with Crippen LogP contribution in [0.15, 0.2) is 18.2 Å². The van der Waals surface area contributed by atoms with E-state index in [9.17, 15) is 0 Å². The van der Waals surface area contributed by atoms with Crippen LogP contribution in [-0.2, 0) is 12.4 Å². The minimum atomic E-state index is 0.462. The van der Waals surface area contributed by atoms with Gasteiger partial charge >= 0.3 is 0 Å². The van der Waals surface area contributed by atoms with E-state index in [4.69, 9.17) is 16.3 Å². The van der Waals surface area contributed by atoms with Crippen LogP contribution in [0.25, 0.3) is 11.0 Å². The van der Waals surface area contributed by atoms with E-state index in [1.807, 2.05) is 12.1 Å². The number of benzene rings is 1. The zero-order valence-electron chi connectivity index (χ0n) is 9.82. The molecule has 0 amide bonds. The molecule has 17 heavy (non-hydrogen) atoms. The SMILES string of the molecule is COc1ccc2c(c1)nc(CCl)n2CC1CC1. The Kier molecular flexibility index (Phi) is 2.71. The number of nitrogens with zero attached hydrogens (tertiary/aromatic N) is 2. The van der Waals surface area contributed by atoms with Crippen molar-refractivity contribution in [2.24, 2.45) is 5.92 Å². The number of hydrogen-bond acceptors (Lipinski definition) is 2. The summed E-state index contributed by atoms with van der Waals surface area (Å²) in [6.45, 7) is 1.05. The fraction of sp³-hybridized carbons (Fsp3) is 0.462. The summed E-state index contributed by atoms with van der Waals surface area (Å²) in [5.74, 6) is 3.08. The number of methoxy groups -OCH3 is 1. The highest BCUT2D eigenvalue weighted by molar-refractivity contribution is 6.16. The molecule has 1 aromatic heterocycles. The first-order valence-corrected chi connectivity index (χ1v) is 6.44. The predicted molar refractivity (Wildman–Crippen MR) is 68.6 cm³/mol. The van der Waals surface area contributed by atoms with Crippen molar-refractivity contribution < 1.29 is 4.74 Å². The second-order valence-electron chi connectivity index (χ2n) is 4.57. The van der Waals surface area contributed by atoms with Crippen LogP contribution >= 0.6 is 11.6 Å². The Morgan fingerprint density at radius 3 is 2.94 bits per heavy atom. The molecule has 1 saturated carbocycles. The van der Waals surface area contributed by atoms with Gasteiger partial charge in [0.05, 0.1) is 24.0 Å². The van der Waals surface area contributed by atoms with Crippen LogP contribution in [0.2, 0.25) is 0 Å². The van der Waals surface area contributed by atoms with E-state index in [2.05, 4.69) is 15.6 Å². The number of halogens is 1. The van der Waals surface area contributed by atoms with Crippen molar-refractivity contribution in [1.82, 2.24) is 9.55 Å².